The van der Waals surface area contributed by atoms with E-state index in [0.717, 1.165) is 41.4 Å². The second-order valence-corrected chi connectivity index (χ2v) is 7.25. The first-order valence-electron chi connectivity index (χ1n) is 7.95. The first kappa shape index (κ1) is 15.1. The second kappa shape index (κ2) is 5.90. The predicted octanol–water partition coefficient (Wildman–Crippen LogP) is 3.89. The third-order valence-electron chi connectivity index (χ3n) is 4.52. The van der Waals surface area contributed by atoms with Crippen LogP contribution in [0.5, 0.6) is 0 Å². The molecule has 1 N–H and O–H groups in total. The van der Waals surface area contributed by atoms with E-state index in [1.54, 1.807) is 0 Å². The number of carboxylic acid groups (broad SMARTS) is 1. The number of nitrogens with zero attached hydrogens (tertiary/aromatic N) is 3. The van der Waals surface area contributed by atoms with E-state index < -0.39 is 5.97 Å². The van der Waals surface area contributed by atoms with Gasteiger partial charge in [0.05, 0.1) is 11.6 Å². The number of hydrogen-bond acceptors (Lipinski definition) is 6. The molecular formula is C17H17N3O3S. The van der Waals surface area contributed by atoms with Crippen molar-refractivity contribution in [3.8, 4) is 10.7 Å². The van der Waals surface area contributed by atoms with Crippen molar-refractivity contribution in [2.45, 2.75) is 19.8 Å². The number of thiazole rings is 1. The maximum absolute atomic E-state index is 11.0. The van der Waals surface area contributed by atoms with E-state index in [-0.39, 0.29) is 4.88 Å². The molecule has 124 valence electrons. The van der Waals surface area contributed by atoms with Gasteiger partial charge >= 0.3 is 5.97 Å². The molecule has 2 aromatic heterocycles. The van der Waals surface area contributed by atoms with Gasteiger partial charge in [0.2, 0.25) is 0 Å². The summed E-state index contributed by atoms with van der Waals surface area (Å²) in [7, 11) is 0. The minimum absolute atomic E-state index is 0.195. The molecule has 1 aromatic carbocycles. The SMILES string of the molecule is CC1CCN(c2ccc3c(-c4ncc(C(=O)O)s4)noc3c2)CC1. The van der Waals surface area contributed by atoms with Gasteiger partial charge in [-0.05, 0) is 30.9 Å². The lowest BCUT2D eigenvalue weighted by atomic mass is 9.99. The van der Waals surface area contributed by atoms with Gasteiger partial charge in [0.1, 0.15) is 15.6 Å². The molecule has 24 heavy (non-hydrogen) atoms. The number of hydrogen-bond donors (Lipinski definition) is 1. The zero-order valence-corrected chi connectivity index (χ0v) is 14.0. The lowest BCUT2D eigenvalue weighted by molar-refractivity contribution is 0.0702. The average molecular weight is 343 g/mol. The molecule has 3 aromatic rings. The fraction of sp³-hybridized carbons (Fsp3) is 0.353. The zero-order chi connectivity index (χ0) is 16.7. The molecule has 0 radical (unpaired) electrons. The maximum Gasteiger partial charge on any atom is 0.347 e. The Labute approximate surface area is 142 Å². The quantitative estimate of drug-likeness (QED) is 0.777. The van der Waals surface area contributed by atoms with Crippen molar-refractivity contribution in [3.63, 3.8) is 0 Å². The molecule has 0 spiro atoms. The van der Waals surface area contributed by atoms with Gasteiger partial charge in [-0.2, -0.15) is 0 Å². The van der Waals surface area contributed by atoms with E-state index in [1.807, 2.05) is 12.1 Å². The zero-order valence-electron chi connectivity index (χ0n) is 13.2. The molecule has 1 saturated heterocycles. The first-order valence-corrected chi connectivity index (χ1v) is 8.77. The Kier molecular flexibility index (Phi) is 3.72. The Morgan fingerprint density at radius 3 is 2.88 bits per heavy atom. The second-order valence-electron chi connectivity index (χ2n) is 6.22. The normalized spacial score (nSPS) is 16.0. The van der Waals surface area contributed by atoms with Crippen molar-refractivity contribution in [1.29, 1.82) is 0 Å². The molecule has 0 saturated carbocycles. The van der Waals surface area contributed by atoms with Crippen LogP contribution in [-0.4, -0.2) is 34.3 Å². The van der Waals surface area contributed by atoms with E-state index in [2.05, 4.69) is 28.0 Å². The van der Waals surface area contributed by atoms with Crippen LogP contribution in [-0.2, 0) is 0 Å². The third-order valence-corrected chi connectivity index (χ3v) is 5.52. The topological polar surface area (TPSA) is 79.5 Å². The Morgan fingerprint density at radius 1 is 1.38 bits per heavy atom. The molecule has 0 aliphatic carbocycles. The lowest BCUT2D eigenvalue weighted by Crippen LogP contribution is -2.32. The number of carbonyl (C=O) groups is 1. The maximum atomic E-state index is 11.0. The van der Waals surface area contributed by atoms with Crippen molar-refractivity contribution in [2.24, 2.45) is 5.92 Å². The average Bonchev–Trinajstić information content (AvgIpc) is 3.21. The Bertz CT molecular complexity index is 894. The van der Waals surface area contributed by atoms with Crippen LogP contribution in [0.15, 0.2) is 28.9 Å². The van der Waals surface area contributed by atoms with Crippen LogP contribution >= 0.6 is 11.3 Å². The van der Waals surface area contributed by atoms with Crippen molar-refractivity contribution in [1.82, 2.24) is 10.1 Å². The molecular weight excluding hydrogens is 326 g/mol. The molecule has 0 bridgehead atoms. The number of aromatic carboxylic acids is 1. The summed E-state index contributed by atoms with van der Waals surface area (Å²) in [5.74, 6) is -0.191. The van der Waals surface area contributed by atoms with Crippen LogP contribution in [0.1, 0.15) is 29.4 Å². The smallest absolute Gasteiger partial charge is 0.347 e. The highest BCUT2D eigenvalue weighted by Gasteiger charge is 2.19. The van der Waals surface area contributed by atoms with Gasteiger partial charge in [0.25, 0.3) is 0 Å². The highest BCUT2D eigenvalue weighted by molar-refractivity contribution is 7.16. The summed E-state index contributed by atoms with van der Waals surface area (Å²) in [5, 5.41) is 14.5. The van der Waals surface area contributed by atoms with Gasteiger partial charge in [-0.1, -0.05) is 12.1 Å². The molecule has 0 atom stereocenters. The number of carboxylic acids is 1. The van der Waals surface area contributed by atoms with Crippen LogP contribution in [0.25, 0.3) is 21.7 Å². The van der Waals surface area contributed by atoms with Crippen molar-refractivity contribution in [3.05, 3.63) is 29.3 Å². The predicted molar refractivity (Wildman–Crippen MR) is 92.7 cm³/mol. The summed E-state index contributed by atoms with van der Waals surface area (Å²) >= 11 is 1.10. The summed E-state index contributed by atoms with van der Waals surface area (Å²) in [6, 6.07) is 6.06. The van der Waals surface area contributed by atoms with Crippen molar-refractivity contribution < 1.29 is 14.4 Å². The van der Waals surface area contributed by atoms with E-state index in [4.69, 9.17) is 9.63 Å². The molecule has 1 aliphatic heterocycles. The fourth-order valence-corrected chi connectivity index (χ4v) is 3.78. The largest absolute Gasteiger partial charge is 0.477 e. The number of benzene rings is 1. The van der Waals surface area contributed by atoms with Gasteiger partial charge in [-0.3, -0.25) is 0 Å². The molecule has 1 fully saturated rings. The molecule has 7 heteroatoms. The van der Waals surface area contributed by atoms with E-state index in [9.17, 15) is 4.79 Å². The Hall–Kier alpha value is -2.41. The van der Waals surface area contributed by atoms with Gasteiger partial charge < -0.3 is 14.5 Å². The number of rotatable bonds is 3. The van der Waals surface area contributed by atoms with Gasteiger partial charge in [0.15, 0.2) is 5.58 Å². The van der Waals surface area contributed by atoms with Crippen molar-refractivity contribution >= 4 is 34.0 Å². The highest BCUT2D eigenvalue weighted by Crippen LogP contribution is 2.33. The molecule has 4 rings (SSSR count). The molecule has 0 amide bonds. The lowest BCUT2D eigenvalue weighted by Gasteiger charge is -2.32. The van der Waals surface area contributed by atoms with Crippen molar-refractivity contribution in [2.75, 3.05) is 18.0 Å². The molecule has 0 unspecified atom stereocenters. The number of anilines is 1. The standard InChI is InChI=1S/C17H17N3O3S/c1-10-4-6-20(7-5-10)11-2-3-12-13(8-11)23-19-15(12)16-18-9-14(24-16)17(21)22/h2-3,8-10H,4-7H2,1H3,(H,21,22). The van der Waals surface area contributed by atoms with E-state index in [0.29, 0.717) is 16.3 Å². The first-order chi connectivity index (χ1) is 11.6. The minimum Gasteiger partial charge on any atom is -0.477 e. The monoisotopic (exact) mass is 343 g/mol. The van der Waals surface area contributed by atoms with Crippen LogP contribution in [0.3, 0.4) is 0 Å². The minimum atomic E-state index is -0.979. The number of fused-ring (bicyclic) bond motifs is 1. The van der Waals surface area contributed by atoms with E-state index >= 15 is 0 Å². The molecule has 6 nitrogen and oxygen atoms in total. The molecule has 1 aliphatic rings. The van der Waals surface area contributed by atoms with Crippen LogP contribution in [0, 0.1) is 5.92 Å². The summed E-state index contributed by atoms with van der Waals surface area (Å²) in [5.41, 5.74) is 2.44. The van der Waals surface area contributed by atoms with Gasteiger partial charge in [-0.15, -0.1) is 11.3 Å². The van der Waals surface area contributed by atoms with Crippen LogP contribution < -0.4 is 4.90 Å². The van der Waals surface area contributed by atoms with Gasteiger partial charge in [-0.25, -0.2) is 9.78 Å². The Balaban J connectivity index is 1.66. The van der Waals surface area contributed by atoms with E-state index in [1.165, 1.54) is 19.0 Å². The molecule has 3 heterocycles. The fourth-order valence-electron chi connectivity index (χ4n) is 3.03. The number of piperidine rings is 1. The third kappa shape index (κ3) is 2.65. The highest BCUT2D eigenvalue weighted by atomic mass is 32.1. The summed E-state index contributed by atoms with van der Waals surface area (Å²) in [6.45, 7) is 4.41. The van der Waals surface area contributed by atoms with Gasteiger partial charge in [0, 0.05) is 24.8 Å². The summed E-state index contributed by atoms with van der Waals surface area (Å²) in [4.78, 5) is 17.7. The summed E-state index contributed by atoms with van der Waals surface area (Å²) in [6.07, 6.45) is 3.76. The number of aromatic nitrogens is 2. The summed E-state index contributed by atoms with van der Waals surface area (Å²) < 4.78 is 5.47. The Morgan fingerprint density at radius 2 is 2.17 bits per heavy atom. The van der Waals surface area contributed by atoms with Crippen LogP contribution in [0.2, 0.25) is 0 Å². The van der Waals surface area contributed by atoms with Crippen LogP contribution in [0.4, 0.5) is 5.69 Å².